The zero-order valence-corrected chi connectivity index (χ0v) is 19.5. The van der Waals surface area contributed by atoms with E-state index in [1.807, 2.05) is 72.8 Å². The summed E-state index contributed by atoms with van der Waals surface area (Å²) >= 11 is 0. The fourth-order valence-corrected chi connectivity index (χ4v) is 4.08. The number of hydrogen-bond donors (Lipinski definition) is 2. The molecular weight excluding hydrogens is 426 g/mol. The molecule has 0 fully saturated rings. The van der Waals surface area contributed by atoms with Crippen LogP contribution in [-0.4, -0.2) is 18.5 Å². The highest BCUT2D eigenvalue weighted by molar-refractivity contribution is 5.95. The van der Waals surface area contributed by atoms with Gasteiger partial charge in [0.1, 0.15) is 6.61 Å². The smallest absolute Gasteiger partial charge is 0.338 e. The molecule has 6 nitrogen and oxygen atoms in total. The number of esters is 1. The molecule has 6 heteroatoms. The molecular formula is C28H29N3O3. The van der Waals surface area contributed by atoms with Crippen molar-refractivity contribution in [2.75, 3.05) is 11.4 Å². The van der Waals surface area contributed by atoms with Crippen LogP contribution < -0.4 is 15.5 Å². The van der Waals surface area contributed by atoms with Crippen LogP contribution >= 0.6 is 0 Å². The number of nitrogens with zero attached hydrogens (tertiary/aromatic N) is 1. The molecule has 0 unspecified atom stereocenters. The molecule has 2 amide bonds. The molecule has 0 bridgehead atoms. The number of carbonyl (C=O) groups excluding carboxylic acids is 2. The van der Waals surface area contributed by atoms with Crippen LogP contribution in [0.1, 0.15) is 36.6 Å². The Bertz CT molecular complexity index is 1160. The van der Waals surface area contributed by atoms with Crippen LogP contribution in [0.2, 0.25) is 0 Å². The lowest BCUT2D eigenvalue weighted by molar-refractivity contribution is -0.140. The Kier molecular flexibility index (Phi) is 7.28. The molecule has 0 aliphatic carbocycles. The predicted octanol–water partition coefficient (Wildman–Crippen LogP) is 5.08. The molecule has 0 radical (unpaired) electrons. The average molecular weight is 456 g/mol. The minimum absolute atomic E-state index is 0.168. The standard InChI is InChI=1S/C28H29N3O3/c1-3-31(18-21-10-6-4-7-11-21)24-16-14-23(15-17-24)26-25(20(2)29-28(33)30-26)27(32)34-19-22-12-8-5-9-13-22/h4-17,26H,3,18-19H2,1-2H3,(H2,29,30,33)/t26-/m0/s1. The second-order valence-electron chi connectivity index (χ2n) is 8.22. The molecule has 3 aromatic carbocycles. The van der Waals surface area contributed by atoms with Gasteiger partial charge in [0.25, 0.3) is 0 Å². The molecule has 0 saturated heterocycles. The van der Waals surface area contributed by atoms with Crippen molar-refractivity contribution in [2.45, 2.75) is 33.0 Å². The Morgan fingerprint density at radius 2 is 1.53 bits per heavy atom. The van der Waals surface area contributed by atoms with Crippen LogP contribution in [0.15, 0.2) is 96.2 Å². The predicted molar refractivity (Wildman–Crippen MR) is 133 cm³/mol. The van der Waals surface area contributed by atoms with Gasteiger partial charge in [-0.25, -0.2) is 9.59 Å². The first-order valence-corrected chi connectivity index (χ1v) is 11.4. The zero-order valence-electron chi connectivity index (χ0n) is 19.5. The lowest BCUT2D eigenvalue weighted by atomic mass is 9.95. The van der Waals surface area contributed by atoms with Gasteiger partial charge < -0.3 is 20.3 Å². The number of carbonyl (C=O) groups is 2. The number of benzene rings is 3. The van der Waals surface area contributed by atoms with Crippen molar-refractivity contribution in [1.82, 2.24) is 10.6 Å². The lowest BCUT2D eigenvalue weighted by Crippen LogP contribution is -2.45. The van der Waals surface area contributed by atoms with E-state index in [1.54, 1.807) is 6.92 Å². The number of rotatable bonds is 8. The van der Waals surface area contributed by atoms with E-state index in [4.69, 9.17) is 4.74 Å². The molecule has 1 aliphatic rings. The summed E-state index contributed by atoms with van der Waals surface area (Å²) in [5.74, 6) is -0.456. The van der Waals surface area contributed by atoms with Gasteiger partial charge in [-0.1, -0.05) is 72.8 Å². The van der Waals surface area contributed by atoms with Gasteiger partial charge in [-0.2, -0.15) is 0 Å². The minimum atomic E-state index is -0.588. The molecule has 0 saturated carbocycles. The Labute approximate surface area is 200 Å². The summed E-state index contributed by atoms with van der Waals surface area (Å²) in [4.78, 5) is 27.5. The molecule has 0 aromatic heterocycles. The first kappa shape index (κ1) is 23.1. The fraction of sp³-hybridized carbons (Fsp3) is 0.214. The Morgan fingerprint density at radius 1 is 0.912 bits per heavy atom. The molecule has 1 heterocycles. The second kappa shape index (κ2) is 10.7. The van der Waals surface area contributed by atoms with Gasteiger partial charge in [-0.15, -0.1) is 0 Å². The zero-order chi connectivity index (χ0) is 23.9. The van der Waals surface area contributed by atoms with Crippen LogP contribution in [0.3, 0.4) is 0 Å². The molecule has 1 aliphatic heterocycles. The molecule has 4 rings (SSSR count). The lowest BCUT2D eigenvalue weighted by Gasteiger charge is -2.29. The van der Waals surface area contributed by atoms with Crippen LogP contribution in [-0.2, 0) is 22.7 Å². The van der Waals surface area contributed by atoms with Gasteiger partial charge in [0, 0.05) is 24.5 Å². The van der Waals surface area contributed by atoms with Crippen molar-refractivity contribution in [1.29, 1.82) is 0 Å². The summed E-state index contributed by atoms with van der Waals surface area (Å²) in [5.41, 5.74) is 4.93. The maximum atomic E-state index is 13.0. The number of ether oxygens (including phenoxy) is 1. The van der Waals surface area contributed by atoms with Gasteiger partial charge in [0.05, 0.1) is 11.6 Å². The largest absolute Gasteiger partial charge is 0.457 e. The Morgan fingerprint density at radius 3 is 2.15 bits per heavy atom. The van der Waals surface area contributed by atoms with Crippen LogP contribution in [0, 0.1) is 0 Å². The highest BCUT2D eigenvalue weighted by Gasteiger charge is 2.32. The van der Waals surface area contributed by atoms with Crippen molar-refractivity contribution in [3.05, 3.63) is 113 Å². The minimum Gasteiger partial charge on any atom is -0.457 e. The van der Waals surface area contributed by atoms with Crippen molar-refractivity contribution < 1.29 is 14.3 Å². The molecule has 0 spiro atoms. The van der Waals surface area contributed by atoms with E-state index < -0.39 is 12.0 Å². The fourth-order valence-electron chi connectivity index (χ4n) is 4.08. The van der Waals surface area contributed by atoms with Gasteiger partial charge in [-0.05, 0) is 42.7 Å². The summed E-state index contributed by atoms with van der Waals surface area (Å²) in [7, 11) is 0. The number of nitrogens with one attached hydrogen (secondary N) is 2. The normalized spacial score (nSPS) is 15.4. The third-order valence-electron chi connectivity index (χ3n) is 5.89. The number of allylic oxidation sites excluding steroid dienone is 1. The van der Waals surface area contributed by atoms with Gasteiger partial charge >= 0.3 is 12.0 Å². The summed E-state index contributed by atoms with van der Waals surface area (Å²) in [6.07, 6.45) is 0. The molecule has 3 aromatic rings. The quantitative estimate of drug-likeness (QED) is 0.465. The van der Waals surface area contributed by atoms with Crippen molar-refractivity contribution in [3.63, 3.8) is 0 Å². The van der Waals surface area contributed by atoms with Crippen LogP contribution in [0.5, 0.6) is 0 Å². The molecule has 34 heavy (non-hydrogen) atoms. The summed E-state index contributed by atoms with van der Waals surface area (Å²) < 4.78 is 5.57. The average Bonchev–Trinajstić information content (AvgIpc) is 2.87. The molecule has 2 N–H and O–H groups in total. The van der Waals surface area contributed by atoms with E-state index >= 15 is 0 Å². The topological polar surface area (TPSA) is 70.7 Å². The van der Waals surface area contributed by atoms with Crippen molar-refractivity contribution in [3.8, 4) is 0 Å². The van der Waals surface area contributed by atoms with Gasteiger partial charge in [-0.3, -0.25) is 0 Å². The van der Waals surface area contributed by atoms with E-state index in [9.17, 15) is 9.59 Å². The monoisotopic (exact) mass is 455 g/mol. The maximum absolute atomic E-state index is 13.0. The number of urea groups is 1. The van der Waals surface area contributed by atoms with E-state index in [1.165, 1.54) is 5.56 Å². The number of hydrogen-bond acceptors (Lipinski definition) is 4. The number of anilines is 1. The van der Waals surface area contributed by atoms with E-state index in [0.717, 1.165) is 29.9 Å². The Balaban J connectivity index is 1.53. The van der Waals surface area contributed by atoms with E-state index in [-0.39, 0.29) is 12.6 Å². The first-order chi connectivity index (χ1) is 16.5. The highest BCUT2D eigenvalue weighted by atomic mass is 16.5. The van der Waals surface area contributed by atoms with E-state index in [2.05, 4.69) is 34.6 Å². The van der Waals surface area contributed by atoms with E-state index in [0.29, 0.717) is 11.3 Å². The first-order valence-electron chi connectivity index (χ1n) is 11.4. The highest BCUT2D eigenvalue weighted by Crippen LogP contribution is 2.29. The summed E-state index contributed by atoms with van der Waals surface area (Å²) in [5, 5.41) is 5.57. The molecule has 174 valence electrons. The van der Waals surface area contributed by atoms with Gasteiger partial charge in [0.15, 0.2) is 0 Å². The second-order valence-corrected chi connectivity index (χ2v) is 8.22. The maximum Gasteiger partial charge on any atom is 0.338 e. The number of amides is 2. The van der Waals surface area contributed by atoms with Crippen LogP contribution in [0.25, 0.3) is 0 Å². The summed E-state index contributed by atoms with van der Waals surface area (Å²) in [6, 6.07) is 26.9. The van der Waals surface area contributed by atoms with Crippen LogP contribution in [0.4, 0.5) is 10.5 Å². The Hall–Kier alpha value is -4.06. The third-order valence-corrected chi connectivity index (χ3v) is 5.89. The van der Waals surface area contributed by atoms with Gasteiger partial charge in [0.2, 0.25) is 0 Å². The molecule has 1 atom stereocenters. The van der Waals surface area contributed by atoms with Crippen molar-refractivity contribution in [2.24, 2.45) is 0 Å². The SMILES string of the molecule is CCN(Cc1ccccc1)c1ccc([C@@H]2NC(=O)NC(C)=C2C(=O)OCc2ccccc2)cc1. The summed E-state index contributed by atoms with van der Waals surface area (Å²) in [6.45, 7) is 5.67. The third kappa shape index (κ3) is 5.46. The van der Waals surface area contributed by atoms with Crippen molar-refractivity contribution >= 4 is 17.7 Å².